The standard InChI is InChI=1S/C10H10F3NO4S/c1-5-2-6(3-7(9(5)13)10(15)16)19(17,18)14-4-8(11)12/h2-3,8,14H,4H2,1H3,(H,15,16). The summed E-state index contributed by atoms with van der Waals surface area (Å²) in [6.45, 7) is 0.0646. The molecule has 9 heteroatoms. The van der Waals surface area contributed by atoms with Gasteiger partial charge in [0, 0.05) is 0 Å². The predicted octanol–water partition coefficient (Wildman–Crippen LogP) is 1.38. The Morgan fingerprint density at radius 3 is 2.47 bits per heavy atom. The Hall–Kier alpha value is -1.61. The fourth-order valence-corrected chi connectivity index (χ4v) is 2.42. The third-order valence-corrected chi connectivity index (χ3v) is 3.60. The van der Waals surface area contributed by atoms with Crippen molar-refractivity contribution in [1.82, 2.24) is 4.72 Å². The van der Waals surface area contributed by atoms with Crippen molar-refractivity contribution in [2.24, 2.45) is 0 Å². The number of carboxylic acid groups (broad SMARTS) is 1. The first-order valence-corrected chi connectivity index (χ1v) is 6.44. The van der Waals surface area contributed by atoms with Gasteiger partial charge < -0.3 is 5.11 Å². The Kier molecular flexibility index (Phi) is 4.53. The number of aryl methyl sites for hydroxylation is 1. The first kappa shape index (κ1) is 15.4. The molecule has 1 aromatic carbocycles. The van der Waals surface area contributed by atoms with Gasteiger partial charge in [-0.3, -0.25) is 0 Å². The number of alkyl halides is 2. The average Bonchev–Trinajstić information content (AvgIpc) is 2.29. The second-order valence-electron chi connectivity index (χ2n) is 3.65. The van der Waals surface area contributed by atoms with Crippen LogP contribution in [0.1, 0.15) is 15.9 Å². The van der Waals surface area contributed by atoms with Gasteiger partial charge in [0.15, 0.2) is 0 Å². The van der Waals surface area contributed by atoms with Gasteiger partial charge in [0.2, 0.25) is 10.0 Å². The van der Waals surface area contributed by atoms with Crippen molar-refractivity contribution in [3.05, 3.63) is 29.1 Å². The average molecular weight is 297 g/mol. The molecule has 19 heavy (non-hydrogen) atoms. The molecule has 0 atom stereocenters. The fraction of sp³-hybridized carbons (Fsp3) is 0.300. The first-order valence-electron chi connectivity index (χ1n) is 4.96. The molecule has 0 unspecified atom stereocenters. The summed E-state index contributed by atoms with van der Waals surface area (Å²) in [6, 6.07) is 1.45. The SMILES string of the molecule is Cc1cc(S(=O)(=O)NCC(F)F)cc(C(=O)O)c1F. The lowest BCUT2D eigenvalue weighted by Gasteiger charge is -2.09. The number of hydrogen-bond donors (Lipinski definition) is 2. The molecule has 0 spiro atoms. The van der Waals surface area contributed by atoms with Gasteiger partial charge in [-0.25, -0.2) is 31.1 Å². The number of nitrogens with one attached hydrogen (secondary N) is 1. The molecule has 0 saturated heterocycles. The zero-order valence-corrected chi connectivity index (χ0v) is 10.5. The minimum Gasteiger partial charge on any atom is -0.478 e. The van der Waals surface area contributed by atoms with Crippen LogP contribution in [0.5, 0.6) is 0 Å². The minimum atomic E-state index is -4.31. The van der Waals surface area contributed by atoms with E-state index in [1.165, 1.54) is 6.92 Å². The highest BCUT2D eigenvalue weighted by atomic mass is 32.2. The maximum absolute atomic E-state index is 13.4. The molecule has 1 aromatic rings. The van der Waals surface area contributed by atoms with Gasteiger partial charge in [-0.15, -0.1) is 0 Å². The van der Waals surface area contributed by atoms with Crippen LogP contribution in [0.25, 0.3) is 0 Å². The van der Waals surface area contributed by atoms with Crippen LogP contribution >= 0.6 is 0 Å². The normalized spacial score (nSPS) is 11.8. The maximum Gasteiger partial charge on any atom is 0.338 e. The molecule has 0 bridgehead atoms. The zero-order chi connectivity index (χ0) is 14.8. The van der Waals surface area contributed by atoms with Crippen LogP contribution in [0.2, 0.25) is 0 Å². The van der Waals surface area contributed by atoms with E-state index in [9.17, 15) is 26.4 Å². The number of benzene rings is 1. The molecule has 1 rings (SSSR count). The molecule has 0 fully saturated rings. The van der Waals surface area contributed by atoms with Gasteiger partial charge in [0.25, 0.3) is 6.43 Å². The Bertz CT molecular complexity index is 601. The summed E-state index contributed by atoms with van der Waals surface area (Å²) in [5, 5.41) is 8.72. The van der Waals surface area contributed by atoms with E-state index in [0.717, 1.165) is 6.07 Å². The number of sulfonamides is 1. The molecule has 0 aromatic heterocycles. The summed E-state index contributed by atoms with van der Waals surface area (Å²) in [7, 11) is -4.31. The van der Waals surface area contributed by atoms with Crippen molar-refractivity contribution in [3.8, 4) is 0 Å². The highest BCUT2D eigenvalue weighted by Crippen LogP contribution is 2.19. The Morgan fingerprint density at radius 1 is 1.42 bits per heavy atom. The quantitative estimate of drug-likeness (QED) is 0.860. The largest absolute Gasteiger partial charge is 0.478 e. The predicted molar refractivity (Wildman–Crippen MR) is 59.3 cm³/mol. The number of carbonyl (C=O) groups is 1. The monoisotopic (exact) mass is 297 g/mol. The third kappa shape index (κ3) is 3.67. The van der Waals surface area contributed by atoms with Crippen molar-refractivity contribution in [2.45, 2.75) is 18.2 Å². The summed E-state index contributed by atoms with van der Waals surface area (Å²) in [4.78, 5) is 10.2. The number of halogens is 3. The number of carboxylic acids is 1. The van der Waals surface area contributed by atoms with E-state index >= 15 is 0 Å². The van der Waals surface area contributed by atoms with E-state index in [0.29, 0.717) is 6.07 Å². The molecule has 0 aliphatic heterocycles. The van der Waals surface area contributed by atoms with E-state index in [2.05, 4.69) is 0 Å². The van der Waals surface area contributed by atoms with Gasteiger partial charge >= 0.3 is 5.97 Å². The van der Waals surface area contributed by atoms with Gasteiger partial charge in [-0.1, -0.05) is 0 Å². The second kappa shape index (κ2) is 5.57. The molecule has 5 nitrogen and oxygen atoms in total. The molecular formula is C10H10F3NO4S. The Morgan fingerprint density at radius 2 is 2.00 bits per heavy atom. The van der Waals surface area contributed by atoms with Crippen molar-refractivity contribution in [3.63, 3.8) is 0 Å². The van der Waals surface area contributed by atoms with Gasteiger partial charge in [0.1, 0.15) is 5.82 Å². The first-order chi connectivity index (χ1) is 8.65. The van der Waals surface area contributed by atoms with Crippen LogP contribution in [-0.4, -0.2) is 32.5 Å². The van der Waals surface area contributed by atoms with E-state index in [1.807, 2.05) is 0 Å². The molecule has 0 aliphatic carbocycles. The smallest absolute Gasteiger partial charge is 0.338 e. The van der Waals surface area contributed by atoms with Crippen LogP contribution in [0, 0.1) is 12.7 Å². The van der Waals surface area contributed by atoms with Crippen molar-refractivity contribution < 1.29 is 31.5 Å². The van der Waals surface area contributed by atoms with Crippen LogP contribution in [0.4, 0.5) is 13.2 Å². The third-order valence-electron chi connectivity index (χ3n) is 2.20. The number of aromatic carboxylic acids is 1. The molecule has 0 saturated carbocycles. The molecule has 106 valence electrons. The lowest BCUT2D eigenvalue weighted by atomic mass is 10.1. The zero-order valence-electron chi connectivity index (χ0n) is 9.65. The van der Waals surface area contributed by atoms with E-state index < -0.39 is 45.2 Å². The highest BCUT2D eigenvalue weighted by molar-refractivity contribution is 7.89. The lowest BCUT2D eigenvalue weighted by molar-refractivity contribution is 0.0691. The van der Waals surface area contributed by atoms with Crippen molar-refractivity contribution in [1.29, 1.82) is 0 Å². The van der Waals surface area contributed by atoms with E-state index in [1.54, 1.807) is 4.72 Å². The number of hydrogen-bond acceptors (Lipinski definition) is 3. The summed E-state index contributed by atoms with van der Waals surface area (Å²) in [5.41, 5.74) is -1.05. The molecule has 0 radical (unpaired) electrons. The lowest BCUT2D eigenvalue weighted by Crippen LogP contribution is -2.29. The molecule has 2 N–H and O–H groups in total. The van der Waals surface area contributed by atoms with Crippen molar-refractivity contribution >= 4 is 16.0 Å². The molecule has 0 heterocycles. The molecule has 0 aliphatic rings. The minimum absolute atomic E-state index is 0.211. The molecule has 0 amide bonds. The highest BCUT2D eigenvalue weighted by Gasteiger charge is 2.22. The van der Waals surface area contributed by atoms with Crippen LogP contribution in [-0.2, 0) is 10.0 Å². The summed E-state index contributed by atoms with van der Waals surface area (Å²) >= 11 is 0. The van der Waals surface area contributed by atoms with Crippen molar-refractivity contribution in [2.75, 3.05) is 6.54 Å². The molecular weight excluding hydrogens is 287 g/mol. The summed E-state index contributed by atoms with van der Waals surface area (Å²) in [6.07, 6.45) is -2.89. The van der Waals surface area contributed by atoms with Crippen LogP contribution < -0.4 is 4.72 Å². The Balaban J connectivity index is 3.25. The maximum atomic E-state index is 13.4. The topological polar surface area (TPSA) is 83.5 Å². The van der Waals surface area contributed by atoms with E-state index in [4.69, 9.17) is 5.11 Å². The summed E-state index contributed by atoms with van der Waals surface area (Å²) < 4.78 is 62.1. The number of rotatable bonds is 5. The second-order valence-corrected chi connectivity index (χ2v) is 5.42. The van der Waals surface area contributed by atoms with Crippen LogP contribution in [0.3, 0.4) is 0 Å². The van der Waals surface area contributed by atoms with Crippen LogP contribution in [0.15, 0.2) is 17.0 Å². The van der Waals surface area contributed by atoms with Gasteiger partial charge in [-0.05, 0) is 24.6 Å². The fourth-order valence-electron chi connectivity index (χ4n) is 1.30. The summed E-state index contributed by atoms with van der Waals surface area (Å²) in [5.74, 6) is -2.72. The van der Waals surface area contributed by atoms with Gasteiger partial charge in [0.05, 0.1) is 17.0 Å². The van der Waals surface area contributed by atoms with E-state index in [-0.39, 0.29) is 5.56 Å². The Labute approximate surface area is 107 Å². The van der Waals surface area contributed by atoms with Gasteiger partial charge in [-0.2, -0.15) is 0 Å².